The predicted octanol–water partition coefficient (Wildman–Crippen LogP) is 1.23. The Bertz CT molecular complexity index is 523. The maximum absolute atomic E-state index is 11.4. The molecule has 5 nitrogen and oxygen atoms in total. The van der Waals surface area contributed by atoms with Crippen LogP contribution < -0.4 is 10.6 Å². The first kappa shape index (κ1) is 15.5. The summed E-state index contributed by atoms with van der Waals surface area (Å²) in [6.45, 7) is 2.35. The van der Waals surface area contributed by atoms with Gasteiger partial charge in [-0.2, -0.15) is 0 Å². The number of hydrogen-bond acceptors (Lipinski definition) is 4. The maximum atomic E-state index is 11.4. The van der Waals surface area contributed by atoms with E-state index in [-0.39, 0.29) is 17.3 Å². The lowest BCUT2D eigenvalue weighted by Crippen LogP contribution is -2.22. The monoisotopic (exact) mass is 283 g/mol. The van der Waals surface area contributed by atoms with Gasteiger partial charge in [0.2, 0.25) is 0 Å². The molecule has 1 aromatic rings. The highest BCUT2D eigenvalue weighted by Crippen LogP contribution is 2.14. The normalized spacial score (nSPS) is 11.3. The number of sulfone groups is 1. The Balaban J connectivity index is 2.54. The van der Waals surface area contributed by atoms with Crippen molar-refractivity contribution in [2.45, 2.75) is 13.3 Å². The molecular formula is C13H21N3O2S. The lowest BCUT2D eigenvalue weighted by molar-refractivity contribution is 0.594. The van der Waals surface area contributed by atoms with E-state index in [1.165, 1.54) is 0 Å². The van der Waals surface area contributed by atoms with Crippen molar-refractivity contribution >= 4 is 21.4 Å². The van der Waals surface area contributed by atoms with Crippen molar-refractivity contribution in [3.05, 3.63) is 29.8 Å². The van der Waals surface area contributed by atoms with Crippen LogP contribution in [0.15, 0.2) is 24.3 Å². The van der Waals surface area contributed by atoms with Crippen LogP contribution in [0, 0.1) is 5.41 Å². The third-order valence-electron chi connectivity index (χ3n) is 3.01. The predicted molar refractivity (Wildman–Crippen MR) is 79.7 cm³/mol. The number of nitrogens with one attached hydrogen (secondary N) is 1. The van der Waals surface area contributed by atoms with E-state index in [4.69, 9.17) is 11.1 Å². The second kappa shape index (κ2) is 6.56. The molecule has 6 heteroatoms. The minimum absolute atomic E-state index is 0.0447. The van der Waals surface area contributed by atoms with E-state index in [9.17, 15) is 8.42 Å². The second-order valence-corrected chi connectivity index (χ2v) is 6.94. The Hall–Kier alpha value is -1.56. The Labute approximate surface area is 114 Å². The topological polar surface area (TPSA) is 87.2 Å². The van der Waals surface area contributed by atoms with Gasteiger partial charge in [0.05, 0.1) is 5.75 Å². The summed E-state index contributed by atoms with van der Waals surface area (Å²) < 4.78 is 22.8. The SMILES string of the molecule is CCS(=O)(=O)CCCN(C)c1ccc(C(=N)N)cc1. The van der Waals surface area contributed by atoms with Crippen molar-refractivity contribution in [2.75, 3.05) is 30.0 Å². The third-order valence-corrected chi connectivity index (χ3v) is 4.80. The van der Waals surface area contributed by atoms with Crippen molar-refractivity contribution in [3.8, 4) is 0 Å². The molecule has 0 atom stereocenters. The molecule has 106 valence electrons. The van der Waals surface area contributed by atoms with Crippen molar-refractivity contribution in [2.24, 2.45) is 5.73 Å². The molecule has 0 aromatic heterocycles. The highest BCUT2D eigenvalue weighted by Gasteiger charge is 2.08. The number of nitrogens with zero attached hydrogens (tertiary/aromatic N) is 1. The van der Waals surface area contributed by atoms with Gasteiger partial charge in [-0.25, -0.2) is 8.42 Å². The van der Waals surface area contributed by atoms with Gasteiger partial charge in [-0.05, 0) is 30.7 Å². The van der Waals surface area contributed by atoms with Crippen LogP contribution in [0.25, 0.3) is 0 Å². The minimum Gasteiger partial charge on any atom is -0.384 e. The van der Waals surface area contributed by atoms with Crippen LogP contribution in [-0.4, -0.2) is 39.4 Å². The molecule has 0 radical (unpaired) electrons. The van der Waals surface area contributed by atoms with Gasteiger partial charge in [0.15, 0.2) is 0 Å². The number of anilines is 1. The van der Waals surface area contributed by atoms with E-state index < -0.39 is 9.84 Å². The first-order valence-electron chi connectivity index (χ1n) is 6.21. The highest BCUT2D eigenvalue weighted by atomic mass is 32.2. The standard InChI is InChI=1S/C13H21N3O2S/c1-3-19(17,18)10-4-9-16(2)12-7-5-11(6-8-12)13(14)15/h5-8H,3-4,9-10H2,1-2H3,(H3,14,15). The summed E-state index contributed by atoms with van der Waals surface area (Å²) in [6.07, 6.45) is 0.612. The summed E-state index contributed by atoms with van der Waals surface area (Å²) >= 11 is 0. The quantitative estimate of drug-likeness (QED) is 0.582. The molecule has 0 fully saturated rings. The van der Waals surface area contributed by atoms with Gasteiger partial charge in [-0.1, -0.05) is 6.92 Å². The smallest absolute Gasteiger partial charge is 0.150 e. The molecule has 1 rings (SSSR count). The first-order valence-corrected chi connectivity index (χ1v) is 8.04. The van der Waals surface area contributed by atoms with Crippen LogP contribution in [0.4, 0.5) is 5.69 Å². The maximum Gasteiger partial charge on any atom is 0.150 e. The van der Waals surface area contributed by atoms with Gasteiger partial charge < -0.3 is 10.6 Å². The highest BCUT2D eigenvalue weighted by molar-refractivity contribution is 7.91. The fourth-order valence-corrected chi connectivity index (χ4v) is 2.55. The van der Waals surface area contributed by atoms with Crippen LogP contribution in [0.1, 0.15) is 18.9 Å². The van der Waals surface area contributed by atoms with E-state index in [2.05, 4.69) is 0 Å². The number of rotatable bonds is 7. The summed E-state index contributed by atoms with van der Waals surface area (Å²) in [4.78, 5) is 2.00. The van der Waals surface area contributed by atoms with Gasteiger partial charge in [0.25, 0.3) is 0 Å². The van der Waals surface area contributed by atoms with Gasteiger partial charge in [0.1, 0.15) is 15.7 Å². The van der Waals surface area contributed by atoms with E-state index in [1.54, 1.807) is 19.1 Å². The lowest BCUT2D eigenvalue weighted by atomic mass is 10.2. The van der Waals surface area contributed by atoms with Crippen molar-refractivity contribution in [1.82, 2.24) is 0 Å². The molecule has 0 amide bonds. The summed E-state index contributed by atoms with van der Waals surface area (Å²) in [6, 6.07) is 7.34. The van der Waals surface area contributed by atoms with Crippen LogP contribution in [0.2, 0.25) is 0 Å². The zero-order valence-corrected chi connectivity index (χ0v) is 12.2. The van der Waals surface area contributed by atoms with Crippen LogP contribution >= 0.6 is 0 Å². The molecule has 0 saturated carbocycles. The van der Waals surface area contributed by atoms with Crippen LogP contribution in [0.3, 0.4) is 0 Å². The molecule has 0 bridgehead atoms. The second-order valence-electron chi connectivity index (χ2n) is 4.47. The van der Waals surface area contributed by atoms with Gasteiger partial charge >= 0.3 is 0 Å². The lowest BCUT2D eigenvalue weighted by Gasteiger charge is -2.19. The van der Waals surface area contributed by atoms with E-state index in [0.29, 0.717) is 18.5 Å². The van der Waals surface area contributed by atoms with E-state index in [0.717, 1.165) is 5.69 Å². The van der Waals surface area contributed by atoms with E-state index in [1.807, 2.05) is 24.1 Å². The van der Waals surface area contributed by atoms with Gasteiger partial charge in [-0.15, -0.1) is 0 Å². The van der Waals surface area contributed by atoms with Gasteiger partial charge in [-0.3, -0.25) is 5.41 Å². The zero-order chi connectivity index (χ0) is 14.5. The number of benzene rings is 1. The van der Waals surface area contributed by atoms with Crippen molar-refractivity contribution < 1.29 is 8.42 Å². The third kappa shape index (κ3) is 4.90. The fourth-order valence-electron chi connectivity index (χ4n) is 1.69. The molecule has 0 aliphatic rings. The summed E-state index contributed by atoms with van der Waals surface area (Å²) in [5, 5.41) is 7.31. The van der Waals surface area contributed by atoms with E-state index >= 15 is 0 Å². The summed E-state index contributed by atoms with van der Waals surface area (Å²) in [5.41, 5.74) is 7.06. The fraction of sp³-hybridized carbons (Fsp3) is 0.462. The number of amidine groups is 1. The molecule has 0 aliphatic heterocycles. The molecule has 0 heterocycles. The zero-order valence-electron chi connectivity index (χ0n) is 11.4. The molecule has 3 N–H and O–H groups in total. The molecular weight excluding hydrogens is 262 g/mol. The average Bonchev–Trinajstić information content (AvgIpc) is 2.38. The van der Waals surface area contributed by atoms with Crippen LogP contribution in [0.5, 0.6) is 0 Å². The first-order chi connectivity index (χ1) is 8.85. The van der Waals surface area contributed by atoms with Crippen LogP contribution in [-0.2, 0) is 9.84 Å². The van der Waals surface area contributed by atoms with Crippen molar-refractivity contribution in [3.63, 3.8) is 0 Å². The number of hydrogen-bond donors (Lipinski definition) is 2. The average molecular weight is 283 g/mol. The summed E-state index contributed by atoms with van der Waals surface area (Å²) in [5.74, 6) is 0.465. The molecule has 0 saturated heterocycles. The minimum atomic E-state index is -2.89. The Kier molecular flexibility index (Phi) is 5.35. The molecule has 0 aliphatic carbocycles. The van der Waals surface area contributed by atoms with Gasteiger partial charge in [0, 0.05) is 30.6 Å². The van der Waals surface area contributed by atoms with Crippen molar-refractivity contribution in [1.29, 1.82) is 5.41 Å². The Morgan fingerprint density at radius 3 is 2.37 bits per heavy atom. The molecule has 0 spiro atoms. The Morgan fingerprint density at radius 2 is 1.89 bits per heavy atom. The number of nitrogen functional groups attached to an aromatic ring is 1. The summed E-state index contributed by atoms with van der Waals surface area (Å²) in [7, 11) is -0.969. The molecule has 19 heavy (non-hydrogen) atoms. The Morgan fingerprint density at radius 1 is 1.32 bits per heavy atom. The number of nitrogens with two attached hydrogens (primary N) is 1. The largest absolute Gasteiger partial charge is 0.384 e. The molecule has 0 unspecified atom stereocenters. The molecule has 1 aromatic carbocycles.